The molecule has 0 unspecified atom stereocenters. The molecule has 0 aromatic heterocycles. The van der Waals surface area contributed by atoms with Crippen LogP contribution in [0.15, 0.2) is 158 Å². The van der Waals surface area contributed by atoms with E-state index in [2.05, 4.69) is 131 Å². The minimum absolute atomic E-state index is 0.0272. The van der Waals surface area contributed by atoms with Crippen LogP contribution in [0, 0.1) is 0 Å². The molecule has 0 N–H and O–H groups in total. The van der Waals surface area contributed by atoms with Crippen molar-refractivity contribution in [1.29, 1.82) is 0 Å². The van der Waals surface area contributed by atoms with E-state index in [1.165, 1.54) is 32.8 Å². The Labute approximate surface area is 312 Å². The molecule has 0 radical (unpaired) electrons. The van der Waals surface area contributed by atoms with Crippen LogP contribution in [0.4, 0.5) is 34.1 Å². The Morgan fingerprint density at radius 2 is 0.600 bits per heavy atom. The standard InChI is InChI=1S/C42H26B2Cl4N2/c45-29-15-19-35-39(23-29)49(33-7-3-1-4-8-33)40-24-30(46)16-20-36(40)43(35)27-11-13-28(14-12-27)44-37-21-17-31(47)25-41(37)50(34-9-5-2-6-10-34)42-26-32(48)18-22-38(42)44/h1-26H. The van der Waals surface area contributed by atoms with Gasteiger partial charge in [0, 0.05) is 54.2 Å². The smallest absolute Gasteiger partial charge is 0.246 e. The molecule has 7 aromatic carbocycles. The minimum Gasteiger partial charge on any atom is -0.311 e. The summed E-state index contributed by atoms with van der Waals surface area (Å²) in [6.07, 6.45) is 0. The molecule has 2 nitrogen and oxygen atoms in total. The monoisotopic (exact) mass is 720 g/mol. The van der Waals surface area contributed by atoms with Gasteiger partial charge in [0.1, 0.15) is 0 Å². The van der Waals surface area contributed by atoms with Crippen LogP contribution < -0.4 is 42.6 Å². The van der Waals surface area contributed by atoms with Crippen LogP contribution in [-0.4, -0.2) is 13.4 Å². The average molecular weight is 722 g/mol. The highest BCUT2D eigenvalue weighted by Gasteiger charge is 2.38. The number of hydrogen-bond donors (Lipinski definition) is 0. The van der Waals surface area contributed by atoms with Crippen LogP contribution >= 0.6 is 46.4 Å². The zero-order valence-electron chi connectivity index (χ0n) is 26.6. The summed E-state index contributed by atoms with van der Waals surface area (Å²) < 4.78 is 0. The third-order valence-electron chi connectivity index (χ3n) is 9.81. The maximum atomic E-state index is 6.67. The number of para-hydroxylation sites is 2. The lowest BCUT2D eigenvalue weighted by molar-refractivity contribution is 1.29. The number of nitrogens with zero attached hydrogens (tertiary/aromatic N) is 2. The van der Waals surface area contributed by atoms with E-state index in [9.17, 15) is 0 Å². The molecule has 0 aliphatic carbocycles. The molecule has 0 amide bonds. The SMILES string of the molecule is Clc1ccc2c(c1)N(c1ccccc1)c1cc(Cl)ccc1B2c1ccc(B2c3ccc(Cl)cc3N(c3ccccc3)c3cc(Cl)ccc32)cc1. The zero-order valence-corrected chi connectivity index (χ0v) is 29.6. The number of fused-ring (bicyclic) bond motifs is 4. The topological polar surface area (TPSA) is 6.48 Å². The first-order valence-electron chi connectivity index (χ1n) is 16.4. The molecule has 50 heavy (non-hydrogen) atoms. The van der Waals surface area contributed by atoms with Crippen LogP contribution in [0.25, 0.3) is 0 Å². The van der Waals surface area contributed by atoms with Crippen molar-refractivity contribution >= 4 is 127 Å². The second-order valence-electron chi connectivity index (χ2n) is 12.7. The minimum atomic E-state index is -0.0272. The Morgan fingerprint density at radius 3 is 0.880 bits per heavy atom. The molecule has 0 fully saturated rings. The van der Waals surface area contributed by atoms with Gasteiger partial charge in [-0.15, -0.1) is 0 Å². The Balaban J connectivity index is 1.19. The van der Waals surface area contributed by atoms with Gasteiger partial charge in [-0.05, 0) is 94.6 Å². The Bertz CT molecular complexity index is 2130. The summed E-state index contributed by atoms with van der Waals surface area (Å²) in [6, 6.07) is 54.6. The summed E-state index contributed by atoms with van der Waals surface area (Å²) >= 11 is 26.7. The van der Waals surface area contributed by atoms with Gasteiger partial charge in [0.05, 0.1) is 0 Å². The second-order valence-corrected chi connectivity index (χ2v) is 14.4. The van der Waals surface area contributed by atoms with Gasteiger partial charge in [-0.1, -0.05) is 142 Å². The van der Waals surface area contributed by atoms with Crippen molar-refractivity contribution in [3.8, 4) is 0 Å². The molecule has 2 aliphatic heterocycles. The molecule has 238 valence electrons. The third kappa shape index (κ3) is 5.30. The van der Waals surface area contributed by atoms with Crippen LogP contribution in [0.1, 0.15) is 0 Å². The normalized spacial score (nSPS) is 13.0. The second kappa shape index (κ2) is 12.6. The van der Waals surface area contributed by atoms with Gasteiger partial charge in [0.15, 0.2) is 0 Å². The largest absolute Gasteiger partial charge is 0.311 e. The first-order chi connectivity index (χ1) is 24.4. The molecule has 0 bridgehead atoms. The van der Waals surface area contributed by atoms with Crippen LogP contribution in [0.3, 0.4) is 0 Å². The van der Waals surface area contributed by atoms with E-state index in [0.717, 1.165) is 34.1 Å². The molecular formula is C42H26B2Cl4N2. The summed E-state index contributed by atoms with van der Waals surface area (Å²) in [4.78, 5) is 4.52. The van der Waals surface area contributed by atoms with Crippen molar-refractivity contribution < 1.29 is 0 Å². The first kappa shape index (κ1) is 31.4. The molecule has 0 spiro atoms. The summed E-state index contributed by atoms with van der Waals surface area (Å²) in [6.45, 7) is -0.0543. The molecule has 2 heterocycles. The van der Waals surface area contributed by atoms with Crippen LogP contribution in [0.5, 0.6) is 0 Å². The summed E-state index contributed by atoms with van der Waals surface area (Å²) in [5.74, 6) is 0. The van der Waals surface area contributed by atoms with E-state index in [1.54, 1.807) is 0 Å². The number of rotatable bonds is 4. The quantitative estimate of drug-likeness (QED) is 0.168. The molecule has 8 heteroatoms. The Hall–Kier alpha value is -4.57. The Morgan fingerprint density at radius 1 is 0.320 bits per heavy atom. The fourth-order valence-electron chi connectivity index (χ4n) is 7.72. The van der Waals surface area contributed by atoms with Crippen LogP contribution in [0.2, 0.25) is 20.1 Å². The highest BCUT2D eigenvalue weighted by molar-refractivity contribution is 6.99. The van der Waals surface area contributed by atoms with Crippen molar-refractivity contribution in [2.45, 2.75) is 0 Å². The lowest BCUT2D eigenvalue weighted by Gasteiger charge is -2.38. The summed E-state index contributed by atoms with van der Waals surface area (Å²) in [5, 5.41) is 2.74. The van der Waals surface area contributed by atoms with Crippen molar-refractivity contribution in [2.24, 2.45) is 0 Å². The van der Waals surface area contributed by atoms with Gasteiger partial charge in [0.25, 0.3) is 0 Å². The predicted molar refractivity (Wildman–Crippen MR) is 218 cm³/mol. The van der Waals surface area contributed by atoms with Gasteiger partial charge in [-0.2, -0.15) is 0 Å². The van der Waals surface area contributed by atoms with Crippen molar-refractivity contribution in [3.05, 3.63) is 178 Å². The number of anilines is 6. The Kier molecular flexibility index (Phi) is 7.94. The summed E-state index contributed by atoms with van der Waals surface area (Å²) in [5.41, 5.74) is 13.3. The van der Waals surface area contributed by atoms with E-state index >= 15 is 0 Å². The molecule has 9 rings (SSSR count). The van der Waals surface area contributed by atoms with E-state index in [0.29, 0.717) is 20.1 Å². The molecule has 0 saturated heterocycles. The van der Waals surface area contributed by atoms with Gasteiger partial charge < -0.3 is 9.80 Å². The average Bonchev–Trinajstić information content (AvgIpc) is 3.13. The lowest BCUT2D eigenvalue weighted by Crippen LogP contribution is -2.59. The molecular weight excluding hydrogens is 696 g/mol. The molecule has 0 atom stereocenters. The molecule has 0 saturated carbocycles. The number of halogens is 4. The predicted octanol–water partition coefficient (Wildman–Crippen LogP) is 8.90. The number of hydrogen-bond acceptors (Lipinski definition) is 2. The highest BCUT2D eigenvalue weighted by atomic mass is 35.5. The third-order valence-corrected chi connectivity index (χ3v) is 10.7. The van der Waals surface area contributed by atoms with E-state index in [4.69, 9.17) is 46.4 Å². The summed E-state index contributed by atoms with van der Waals surface area (Å²) in [7, 11) is 0. The van der Waals surface area contributed by atoms with E-state index < -0.39 is 0 Å². The maximum Gasteiger partial charge on any atom is 0.246 e. The van der Waals surface area contributed by atoms with Gasteiger partial charge in [0.2, 0.25) is 13.4 Å². The van der Waals surface area contributed by atoms with E-state index in [-0.39, 0.29) is 13.4 Å². The van der Waals surface area contributed by atoms with Gasteiger partial charge >= 0.3 is 0 Å². The fraction of sp³-hybridized carbons (Fsp3) is 0. The molecule has 2 aliphatic rings. The highest BCUT2D eigenvalue weighted by Crippen LogP contribution is 2.39. The van der Waals surface area contributed by atoms with Crippen molar-refractivity contribution in [3.63, 3.8) is 0 Å². The van der Waals surface area contributed by atoms with Crippen LogP contribution in [-0.2, 0) is 0 Å². The zero-order chi connectivity index (χ0) is 33.9. The van der Waals surface area contributed by atoms with Crippen molar-refractivity contribution in [1.82, 2.24) is 0 Å². The van der Waals surface area contributed by atoms with Gasteiger partial charge in [-0.3, -0.25) is 0 Å². The van der Waals surface area contributed by atoms with E-state index in [1.807, 2.05) is 36.4 Å². The molecule has 7 aromatic rings. The fourth-order valence-corrected chi connectivity index (χ4v) is 8.39. The maximum absolute atomic E-state index is 6.67. The number of benzene rings is 7. The van der Waals surface area contributed by atoms with Crippen molar-refractivity contribution in [2.75, 3.05) is 9.80 Å². The van der Waals surface area contributed by atoms with Gasteiger partial charge in [-0.25, -0.2) is 0 Å². The first-order valence-corrected chi connectivity index (χ1v) is 17.9. The lowest BCUT2D eigenvalue weighted by atomic mass is 9.33.